The molecule has 0 saturated heterocycles. The lowest BCUT2D eigenvalue weighted by molar-refractivity contribution is 0.475. The summed E-state index contributed by atoms with van der Waals surface area (Å²) in [6.45, 7) is 0. The van der Waals surface area contributed by atoms with Crippen LogP contribution in [0.3, 0.4) is 0 Å². The first kappa shape index (κ1) is 16.6. The average Bonchev–Trinajstić information content (AvgIpc) is 2.67. The van der Waals surface area contributed by atoms with Crippen molar-refractivity contribution >= 4 is 0 Å². The van der Waals surface area contributed by atoms with Crippen LogP contribution in [0.2, 0.25) is 0 Å². The van der Waals surface area contributed by atoms with E-state index in [2.05, 4.69) is 15.1 Å². The van der Waals surface area contributed by atoms with E-state index in [1.165, 1.54) is 48.1 Å². The minimum Gasteiger partial charge on any atom is -0.508 e. The molecular weight excluding hydrogens is 353 g/mol. The van der Waals surface area contributed by atoms with Gasteiger partial charge < -0.3 is 5.11 Å². The van der Waals surface area contributed by atoms with Gasteiger partial charge in [-0.15, -0.1) is 5.10 Å². The Morgan fingerprint density at radius 3 is 2.30 bits per heavy atom. The highest BCUT2D eigenvalue weighted by Gasteiger charge is 2.21. The van der Waals surface area contributed by atoms with Gasteiger partial charge >= 0.3 is 5.69 Å². The molecule has 2 aliphatic rings. The number of rotatable bonds is 2. The zero-order chi connectivity index (χ0) is 19.1. The van der Waals surface area contributed by atoms with E-state index in [1.807, 2.05) is 0 Å². The Morgan fingerprint density at radius 2 is 1.63 bits per heavy atom. The van der Waals surface area contributed by atoms with Crippen LogP contribution in [0.5, 0.6) is 5.75 Å². The van der Waals surface area contributed by atoms with E-state index < -0.39 is 17.1 Å². The van der Waals surface area contributed by atoms with Crippen molar-refractivity contribution in [3.63, 3.8) is 0 Å². The van der Waals surface area contributed by atoms with Crippen LogP contribution in [0.15, 0.2) is 58.1 Å². The molecule has 0 unspecified atom stereocenters. The Morgan fingerprint density at radius 1 is 0.963 bits per heavy atom. The summed E-state index contributed by atoms with van der Waals surface area (Å²) in [5.74, 6) is -0.217. The van der Waals surface area contributed by atoms with Crippen LogP contribution in [0.4, 0.5) is 4.39 Å². The summed E-state index contributed by atoms with van der Waals surface area (Å²) in [6, 6.07) is 11.5. The number of phenols is 1. The zero-order valence-electron chi connectivity index (χ0n) is 14.0. The quantitative estimate of drug-likeness (QED) is 0.575. The second kappa shape index (κ2) is 6.13. The van der Waals surface area contributed by atoms with E-state index in [1.54, 1.807) is 12.1 Å². The van der Waals surface area contributed by atoms with Crippen LogP contribution >= 0.6 is 0 Å². The first-order chi connectivity index (χ1) is 12.9. The molecule has 0 saturated carbocycles. The molecule has 8 nitrogen and oxygen atoms in total. The fourth-order valence-corrected chi connectivity index (χ4v) is 2.57. The van der Waals surface area contributed by atoms with Gasteiger partial charge in [-0.2, -0.15) is 4.98 Å². The fourth-order valence-electron chi connectivity index (χ4n) is 2.57. The van der Waals surface area contributed by atoms with Crippen LogP contribution in [0.25, 0.3) is 28.6 Å². The minimum absolute atomic E-state index is 0.0303. The van der Waals surface area contributed by atoms with E-state index in [0.717, 1.165) is 4.57 Å². The SMILES string of the molecule is Cn1c(=O)nc2n(-c3ccc(F)cc3)nc(-c3ccc(O)cc3)nc-2c1=O. The fraction of sp³-hybridized carbons (Fsp3) is 0.0556. The van der Waals surface area contributed by atoms with Gasteiger partial charge in [-0.3, -0.25) is 9.36 Å². The first-order valence-electron chi connectivity index (χ1n) is 7.87. The number of nitrogens with zero attached hydrogens (tertiary/aromatic N) is 5. The van der Waals surface area contributed by atoms with E-state index in [9.17, 15) is 19.1 Å². The number of hydrogen-bond donors (Lipinski definition) is 1. The Bertz CT molecular complexity index is 1230. The third-order valence-electron chi connectivity index (χ3n) is 4.02. The largest absolute Gasteiger partial charge is 0.508 e. The molecule has 0 atom stereocenters. The van der Waals surface area contributed by atoms with Gasteiger partial charge in [0.2, 0.25) is 0 Å². The Hall–Kier alpha value is -3.88. The Balaban J connectivity index is 2.08. The number of aromatic hydroxyl groups is 1. The lowest BCUT2D eigenvalue weighted by Gasteiger charge is -2.14. The molecule has 0 aromatic heterocycles. The van der Waals surface area contributed by atoms with Gasteiger partial charge in [-0.05, 0) is 48.5 Å². The molecule has 4 rings (SSSR count). The van der Waals surface area contributed by atoms with Crippen LogP contribution in [-0.2, 0) is 7.05 Å². The standard InChI is InChI=1S/C18H12FN5O3/c1-23-17(26)14-16(21-18(23)27)24(12-6-4-11(19)5-7-12)22-15(20-14)10-2-8-13(25)9-3-10/h2-9,25H,1H3. The van der Waals surface area contributed by atoms with Crippen molar-refractivity contribution in [1.82, 2.24) is 24.3 Å². The van der Waals surface area contributed by atoms with E-state index in [4.69, 9.17) is 0 Å². The molecule has 0 bridgehead atoms. The highest BCUT2D eigenvalue weighted by Crippen LogP contribution is 2.23. The molecule has 27 heavy (non-hydrogen) atoms. The average molecular weight is 365 g/mol. The highest BCUT2D eigenvalue weighted by molar-refractivity contribution is 5.61. The zero-order valence-corrected chi connectivity index (χ0v) is 14.0. The summed E-state index contributed by atoms with van der Waals surface area (Å²) >= 11 is 0. The molecule has 2 aromatic rings. The van der Waals surface area contributed by atoms with Gasteiger partial charge in [-0.1, -0.05) is 0 Å². The van der Waals surface area contributed by atoms with Crippen molar-refractivity contribution in [2.75, 3.05) is 0 Å². The molecule has 0 amide bonds. The summed E-state index contributed by atoms with van der Waals surface area (Å²) in [5.41, 5.74) is -0.477. The van der Waals surface area contributed by atoms with Crippen LogP contribution in [-0.4, -0.2) is 29.4 Å². The second-order valence-corrected chi connectivity index (χ2v) is 5.80. The van der Waals surface area contributed by atoms with Crippen molar-refractivity contribution in [2.45, 2.75) is 0 Å². The maximum atomic E-state index is 13.3. The van der Waals surface area contributed by atoms with Crippen molar-refractivity contribution < 1.29 is 9.50 Å². The van der Waals surface area contributed by atoms with Gasteiger partial charge in [0, 0.05) is 12.6 Å². The minimum atomic E-state index is -0.746. The lowest BCUT2D eigenvalue weighted by atomic mass is 10.2. The third-order valence-corrected chi connectivity index (χ3v) is 4.02. The molecule has 0 fully saturated rings. The Kier molecular flexibility index (Phi) is 3.76. The summed E-state index contributed by atoms with van der Waals surface area (Å²) in [4.78, 5) is 32.7. The maximum Gasteiger partial charge on any atom is 0.352 e. The number of hydrogen-bond acceptors (Lipinski definition) is 6. The number of halogens is 1. The van der Waals surface area contributed by atoms with Crippen LogP contribution in [0, 0.1) is 5.82 Å². The molecule has 2 heterocycles. The smallest absolute Gasteiger partial charge is 0.352 e. The molecule has 134 valence electrons. The molecule has 9 heteroatoms. The molecule has 0 radical (unpaired) electrons. The Labute approximate surface area is 151 Å². The first-order valence-corrected chi connectivity index (χ1v) is 7.87. The summed E-state index contributed by atoms with van der Waals surface area (Å²) < 4.78 is 15.4. The van der Waals surface area contributed by atoms with E-state index in [-0.39, 0.29) is 23.1 Å². The lowest BCUT2D eigenvalue weighted by Crippen LogP contribution is -2.37. The van der Waals surface area contributed by atoms with Crippen LogP contribution in [0.1, 0.15) is 0 Å². The molecule has 1 N–H and O–H groups in total. The third kappa shape index (κ3) is 2.84. The second-order valence-electron chi connectivity index (χ2n) is 5.80. The molecule has 0 aliphatic carbocycles. The molecular formula is C18H12FN5O3. The van der Waals surface area contributed by atoms with Crippen molar-refractivity contribution in [3.8, 4) is 34.3 Å². The number of phenolic OH excluding ortho intramolecular Hbond substituents is 1. The number of aromatic nitrogens is 5. The van der Waals surface area contributed by atoms with Gasteiger partial charge in [-0.25, -0.2) is 18.9 Å². The highest BCUT2D eigenvalue weighted by atomic mass is 19.1. The summed E-state index contributed by atoms with van der Waals surface area (Å²) in [5, 5.41) is 13.8. The van der Waals surface area contributed by atoms with Crippen molar-refractivity contribution in [2.24, 2.45) is 7.05 Å². The molecule has 2 aromatic carbocycles. The normalized spacial score (nSPS) is 11.0. The topological polar surface area (TPSA) is 103 Å². The molecule has 0 spiro atoms. The maximum absolute atomic E-state index is 13.3. The number of benzene rings is 2. The van der Waals surface area contributed by atoms with Gasteiger partial charge in [0.15, 0.2) is 17.3 Å². The number of fused-ring (bicyclic) bond motifs is 1. The summed E-state index contributed by atoms with van der Waals surface area (Å²) in [7, 11) is 1.31. The predicted molar refractivity (Wildman–Crippen MR) is 94.3 cm³/mol. The van der Waals surface area contributed by atoms with Gasteiger partial charge in [0.1, 0.15) is 11.6 Å². The van der Waals surface area contributed by atoms with Crippen LogP contribution < -0.4 is 11.2 Å². The predicted octanol–water partition coefficient (Wildman–Crippen LogP) is 1.34. The van der Waals surface area contributed by atoms with Crippen molar-refractivity contribution in [3.05, 3.63) is 75.2 Å². The van der Waals surface area contributed by atoms with Gasteiger partial charge in [0.25, 0.3) is 5.56 Å². The van der Waals surface area contributed by atoms with Gasteiger partial charge in [0.05, 0.1) is 5.69 Å². The summed E-state index contributed by atoms with van der Waals surface area (Å²) in [6.07, 6.45) is 0. The van der Waals surface area contributed by atoms with Crippen molar-refractivity contribution in [1.29, 1.82) is 0 Å². The van der Waals surface area contributed by atoms with E-state index >= 15 is 0 Å². The molecule has 2 aliphatic heterocycles. The van der Waals surface area contributed by atoms with E-state index in [0.29, 0.717) is 11.3 Å². The monoisotopic (exact) mass is 365 g/mol.